The largest absolute Gasteiger partial charge is 0.426 e. The minimum absolute atomic E-state index is 0.1000. The van der Waals surface area contributed by atoms with Crippen LogP contribution in [-0.2, 0) is 0 Å². The number of hydrogen-bond donors (Lipinski definition) is 0. The molecule has 0 aromatic rings. The SMILES string of the molecule is CC(CC#N)C(CC#N)[Si](C)(F)F. The standard InChI is InChI=1S/C8H12F2N2Si/c1-7(3-5-11)8(4-6-12)13(2,9)10/h7-8H,3-4H2,1-2H3. The van der Waals surface area contributed by atoms with Crippen molar-refractivity contribution in [3.05, 3.63) is 0 Å². The second-order valence-electron chi connectivity index (χ2n) is 3.26. The summed E-state index contributed by atoms with van der Waals surface area (Å²) in [5, 5.41) is 16.7. The van der Waals surface area contributed by atoms with Gasteiger partial charge in [-0.15, -0.1) is 0 Å². The smallest absolute Gasteiger partial charge is 0.270 e. The maximum absolute atomic E-state index is 13.0. The topological polar surface area (TPSA) is 47.6 Å². The molecule has 13 heavy (non-hydrogen) atoms. The van der Waals surface area contributed by atoms with Crippen molar-refractivity contribution in [2.75, 3.05) is 0 Å². The zero-order valence-corrected chi connectivity index (χ0v) is 8.72. The molecule has 0 fully saturated rings. The highest BCUT2D eigenvalue weighted by atomic mass is 28.4. The third kappa shape index (κ3) is 4.00. The molecule has 5 heteroatoms. The Bertz CT molecular complexity index is 236. The van der Waals surface area contributed by atoms with E-state index in [2.05, 4.69) is 0 Å². The number of hydrogen-bond acceptors (Lipinski definition) is 2. The van der Waals surface area contributed by atoms with Crippen LogP contribution in [0.1, 0.15) is 19.8 Å². The Hall–Kier alpha value is -0.943. The minimum Gasteiger partial charge on any atom is -0.270 e. The predicted octanol–water partition coefficient (Wildman–Crippen LogP) is 2.83. The molecule has 0 spiro atoms. The first-order valence-electron chi connectivity index (χ1n) is 4.05. The van der Waals surface area contributed by atoms with E-state index in [0.717, 1.165) is 6.55 Å². The monoisotopic (exact) mass is 202 g/mol. The van der Waals surface area contributed by atoms with E-state index in [4.69, 9.17) is 10.5 Å². The van der Waals surface area contributed by atoms with Gasteiger partial charge >= 0.3 is 8.74 Å². The predicted molar refractivity (Wildman–Crippen MR) is 47.2 cm³/mol. The molecule has 0 aliphatic heterocycles. The van der Waals surface area contributed by atoms with E-state index in [0.29, 0.717) is 0 Å². The van der Waals surface area contributed by atoms with E-state index in [-0.39, 0.29) is 18.8 Å². The second kappa shape index (κ2) is 4.93. The Balaban J connectivity index is 4.45. The summed E-state index contributed by atoms with van der Waals surface area (Å²) in [5.41, 5.74) is -0.878. The summed E-state index contributed by atoms with van der Waals surface area (Å²) in [4.78, 5) is 0. The molecule has 2 atom stereocenters. The fourth-order valence-corrected chi connectivity index (χ4v) is 2.83. The maximum atomic E-state index is 13.0. The van der Waals surface area contributed by atoms with Crippen molar-refractivity contribution in [1.29, 1.82) is 10.5 Å². The number of rotatable bonds is 4. The molecule has 0 aromatic heterocycles. The van der Waals surface area contributed by atoms with Gasteiger partial charge in [-0.25, -0.2) is 0 Å². The van der Waals surface area contributed by atoms with E-state index < -0.39 is 14.3 Å². The zero-order valence-electron chi connectivity index (χ0n) is 7.72. The van der Waals surface area contributed by atoms with Crippen LogP contribution in [0.5, 0.6) is 0 Å². The van der Waals surface area contributed by atoms with E-state index in [1.54, 1.807) is 13.0 Å². The van der Waals surface area contributed by atoms with Crippen LogP contribution in [-0.4, -0.2) is 8.74 Å². The first-order valence-corrected chi connectivity index (χ1v) is 6.38. The van der Waals surface area contributed by atoms with Gasteiger partial charge in [0, 0.05) is 18.4 Å². The Morgan fingerprint density at radius 3 is 2.00 bits per heavy atom. The van der Waals surface area contributed by atoms with Gasteiger partial charge in [0.25, 0.3) is 0 Å². The molecular weight excluding hydrogens is 190 g/mol. The van der Waals surface area contributed by atoms with Gasteiger partial charge in [0.05, 0.1) is 12.1 Å². The van der Waals surface area contributed by atoms with Gasteiger partial charge in [-0.05, 0) is 12.5 Å². The fraction of sp³-hybridized carbons (Fsp3) is 0.750. The molecule has 0 bridgehead atoms. The highest BCUT2D eigenvalue weighted by molar-refractivity contribution is 6.66. The molecule has 0 rings (SSSR count). The van der Waals surface area contributed by atoms with Crippen LogP contribution in [0.4, 0.5) is 8.22 Å². The van der Waals surface area contributed by atoms with Gasteiger partial charge in [0.1, 0.15) is 0 Å². The second-order valence-corrected chi connectivity index (χ2v) is 5.92. The molecule has 0 aliphatic rings. The third-order valence-corrected chi connectivity index (χ3v) is 4.14. The van der Waals surface area contributed by atoms with E-state index in [9.17, 15) is 8.22 Å². The van der Waals surface area contributed by atoms with Crippen LogP contribution in [0.3, 0.4) is 0 Å². The molecule has 0 aromatic carbocycles. The van der Waals surface area contributed by atoms with Crippen molar-refractivity contribution < 1.29 is 8.22 Å². The molecule has 0 aliphatic carbocycles. The van der Waals surface area contributed by atoms with Crippen LogP contribution < -0.4 is 0 Å². The van der Waals surface area contributed by atoms with Crippen molar-refractivity contribution in [3.8, 4) is 12.1 Å². The lowest BCUT2D eigenvalue weighted by Crippen LogP contribution is -2.29. The normalized spacial score (nSPS) is 15.5. The van der Waals surface area contributed by atoms with Crippen molar-refractivity contribution >= 4 is 8.74 Å². The quantitative estimate of drug-likeness (QED) is 0.520. The van der Waals surface area contributed by atoms with Crippen molar-refractivity contribution in [1.82, 2.24) is 0 Å². The van der Waals surface area contributed by atoms with E-state index in [1.165, 1.54) is 0 Å². The average Bonchev–Trinajstić information content (AvgIpc) is 1.98. The summed E-state index contributed by atoms with van der Waals surface area (Å²) in [6.45, 7) is 2.54. The summed E-state index contributed by atoms with van der Waals surface area (Å²) < 4.78 is 26.1. The molecule has 0 radical (unpaired) electrons. The van der Waals surface area contributed by atoms with Crippen LogP contribution in [0.25, 0.3) is 0 Å². The van der Waals surface area contributed by atoms with Gasteiger partial charge in [-0.1, -0.05) is 6.92 Å². The maximum Gasteiger partial charge on any atom is 0.426 e. The van der Waals surface area contributed by atoms with Crippen molar-refractivity contribution in [2.45, 2.75) is 31.9 Å². The fourth-order valence-electron chi connectivity index (χ4n) is 1.26. The van der Waals surface area contributed by atoms with Gasteiger partial charge in [0.15, 0.2) is 0 Å². The summed E-state index contributed by atoms with van der Waals surface area (Å²) in [7, 11) is -4.28. The van der Waals surface area contributed by atoms with Gasteiger partial charge in [-0.2, -0.15) is 10.5 Å². The molecule has 72 valence electrons. The number of halogens is 2. The van der Waals surface area contributed by atoms with Gasteiger partial charge < -0.3 is 0 Å². The van der Waals surface area contributed by atoms with Gasteiger partial charge in [-0.3, -0.25) is 8.22 Å². The number of nitrogens with zero attached hydrogens (tertiary/aromatic N) is 2. The molecule has 0 N–H and O–H groups in total. The van der Waals surface area contributed by atoms with E-state index in [1.807, 2.05) is 6.07 Å². The first-order chi connectivity index (χ1) is 5.93. The lowest BCUT2D eigenvalue weighted by molar-refractivity contribution is 0.458. The Kier molecular flexibility index (Phi) is 4.57. The number of nitriles is 2. The van der Waals surface area contributed by atoms with Crippen LogP contribution in [0, 0.1) is 28.6 Å². The summed E-state index contributed by atoms with van der Waals surface area (Å²) in [6, 6.07) is 3.62. The molecule has 2 unspecified atom stereocenters. The average molecular weight is 202 g/mol. The molecule has 0 heterocycles. The summed E-state index contributed by atoms with van der Waals surface area (Å²) in [6.07, 6.45) is -0.0403. The highest BCUT2D eigenvalue weighted by Crippen LogP contribution is 2.36. The Morgan fingerprint density at radius 2 is 1.69 bits per heavy atom. The Labute approximate surface area is 78.1 Å². The summed E-state index contributed by atoms with van der Waals surface area (Å²) >= 11 is 0. The molecule has 0 saturated carbocycles. The van der Waals surface area contributed by atoms with E-state index >= 15 is 0 Å². The molecule has 0 saturated heterocycles. The van der Waals surface area contributed by atoms with Crippen LogP contribution in [0.15, 0.2) is 0 Å². The molecule has 0 amide bonds. The van der Waals surface area contributed by atoms with Crippen molar-refractivity contribution in [3.63, 3.8) is 0 Å². The molecule has 2 nitrogen and oxygen atoms in total. The highest BCUT2D eigenvalue weighted by Gasteiger charge is 2.42. The lowest BCUT2D eigenvalue weighted by atomic mass is 10.0. The zero-order chi connectivity index (χ0) is 10.5. The minimum atomic E-state index is -4.28. The Morgan fingerprint density at radius 1 is 1.23 bits per heavy atom. The summed E-state index contributed by atoms with van der Waals surface area (Å²) in [5.74, 6) is -0.378. The van der Waals surface area contributed by atoms with Gasteiger partial charge in [0.2, 0.25) is 0 Å². The van der Waals surface area contributed by atoms with Crippen molar-refractivity contribution in [2.24, 2.45) is 5.92 Å². The van der Waals surface area contributed by atoms with Crippen LogP contribution >= 0.6 is 0 Å². The lowest BCUT2D eigenvalue weighted by Gasteiger charge is -2.22. The molecular formula is C8H12F2N2Si. The first kappa shape index (κ1) is 12.1. The third-order valence-electron chi connectivity index (χ3n) is 2.06. The van der Waals surface area contributed by atoms with Crippen LogP contribution in [0.2, 0.25) is 12.1 Å².